The third kappa shape index (κ3) is 2.01. The molecule has 1 aromatic carbocycles. The van der Waals surface area contributed by atoms with Gasteiger partial charge in [0.25, 0.3) is 0 Å². The minimum absolute atomic E-state index is 0.107. The molecule has 0 atom stereocenters. The normalized spacial score (nSPS) is 11.2. The number of aliphatic carboxylic acids is 1. The molecule has 0 aliphatic carbocycles. The molecule has 3 aromatic rings. The molecule has 0 saturated heterocycles. The number of H-pyrrole nitrogens is 1. The van der Waals surface area contributed by atoms with Crippen molar-refractivity contribution >= 4 is 22.8 Å². The largest absolute Gasteiger partial charge is 0.497 e. The second kappa shape index (κ2) is 4.31. The summed E-state index contributed by atoms with van der Waals surface area (Å²) < 4.78 is 7.08. The number of carboxylic acids is 1. The topological polar surface area (TPSA) is 79.6 Å². The second-order valence-electron chi connectivity index (χ2n) is 4.33. The number of aromatic amines is 1. The number of rotatable bonds is 4. The summed E-state index contributed by atoms with van der Waals surface area (Å²) in [6, 6.07) is 5.68. The second-order valence-corrected chi connectivity index (χ2v) is 4.33. The zero-order valence-electron chi connectivity index (χ0n) is 10.4. The molecule has 19 heavy (non-hydrogen) atoms. The molecule has 0 bridgehead atoms. The average Bonchev–Trinajstić information content (AvgIpc) is 2.92. The Balaban J connectivity index is 2.02. The van der Waals surface area contributed by atoms with Crippen LogP contribution in [0.5, 0.6) is 5.75 Å². The number of carbonyl (C=O) groups is 1. The number of aromatic nitrogens is 3. The van der Waals surface area contributed by atoms with Crippen LogP contribution in [0, 0.1) is 0 Å². The third-order valence-electron chi connectivity index (χ3n) is 3.06. The van der Waals surface area contributed by atoms with E-state index in [2.05, 4.69) is 9.97 Å². The van der Waals surface area contributed by atoms with E-state index in [0.29, 0.717) is 12.2 Å². The summed E-state index contributed by atoms with van der Waals surface area (Å²) in [5.41, 5.74) is 2.67. The third-order valence-corrected chi connectivity index (χ3v) is 3.06. The van der Waals surface area contributed by atoms with Crippen molar-refractivity contribution in [3.8, 4) is 5.75 Å². The number of imidazole rings is 2. The van der Waals surface area contributed by atoms with Gasteiger partial charge in [0.1, 0.15) is 5.75 Å². The van der Waals surface area contributed by atoms with Crippen molar-refractivity contribution in [2.24, 2.45) is 0 Å². The molecule has 2 N–H and O–H groups in total. The van der Waals surface area contributed by atoms with Crippen molar-refractivity contribution in [3.63, 3.8) is 0 Å². The minimum Gasteiger partial charge on any atom is -0.497 e. The maximum Gasteiger partial charge on any atom is 0.303 e. The van der Waals surface area contributed by atoms with E-state index in [9.17, 15) is 4.79 Å². The lowest BCUT2D eigenvalue weighted by atomic mass is 10.2. The van der Waals surface area contributed by atoms with Gasteiger partial charge in [-0.25, -0.2) is 4.98 Å². The number of benzene rings is 1. The van der Waals surface area contributed by atoms with Crippen molar-refractivity contribution < 1.29 is 14.6 Å². The Hall–Kier alpha value is -2.50. The fourth-order valence-electron chi connectivity index (χ4n) is 2.12. The highest BCUT2D eigenvalue weighted by Crippen LogP contribution is 2.22. The van der Waals surface area contributed by atoms with Gasteiger partial charge in [0, 0.05) is 18.0 Å². The predicted octanol–water partition coefficient (Wildman–Crippen LogP) is 1.84. The summed E-state index contributed by atoms with van der Waals surface area (Å²) in [4.78, 5) is 18.1. The summed E-state index contributed by atoms with van der Waals surface area (Å²) in [6.45, 7) is 0. The standard InChI is InChI=1S/C13H13N3O3/c1-19-9-3-4-11-10(6-9)15-13-14-8(7-16(11)13)2-5-12(17)18/h3-4,6-7H,2,5H2,1H3,(H,14,15)(H,17,18). The summed E-state index contributed by atoms with van der Waals surface area (Å²) >= 11 is 0. The molecule has 6 heteroatoms. The van der Waals surface area contributed by atoms with Crippen LogP contribution in [0.2, 0.25) is 0 Å². The highest BCUT2D eigenvalue weighted by molar-refractivity contribution is 5.81. The molecule has 0 unspecified atom stereocenters. The fraction of sp³-hybridized carbons (Fsp3) is 0.231. The Bertz CT molecular complexity index is 757. The van der Waals surface area contributed by atoms with E-state index >= 15 is 0 Å². The van der Waals surface area contributed by atoms with Crippen LogP contribution in [-0.4, -0.2) is 32.6 Å². The molecule has 6 nitrogen and oxygen atoms in total. The molecule has 0 saturated carbocycles. The number of fused-ring (bicyclic) bond motifs is 3. The minimum atomic E-state index is -0.804. The first-order valence-electron chi connectivity index (χ1n) is 5.93. The van der Waals surface area contributed by atoms with E-state index in [1.807, 2.05) is 28.8 Å². The summed E-state index contributed by atoms with van der Waals surface area (Å²) in [5.74, 6) is 0.671. The monoisotopic (exact) mass is 259 g/mol. The van der Waals surface area contributed by atoms with Gasteiger partial charge in [0.05, 0.1) is 24.6 Å². The van der Waals surface area contributed by atoms with Crippen molar-refractivity contribution in [3.05, 3.63) is 30.1 Å². The summed E-state index contributed by atoms with van der Waals surface area (Å²) in [7, 11) is 1.62. The SMILES string of the molecule is COc1ccc2c(c1)nc1[nH]c(CCC(=O)O)cn12. The van der Waals surface area contributed by atoms with Gasteiger partial charge >= 0.3 is 5.97 Å². The molecule has 0 radical (unpaired) electrons. The lowest BCUT2D eigenvalue weighted by molar-refractivity contribution is -0.136. The molecule has 3 rings (SSSR count). The van der Waals surface area contributed by atoms with Crippen LogP contribution in [0.3, 0.4) is 0 Å². The van der Waals surface area contributed by atoms with E-state index in [-0.39, 0.29) is 6.42 Å². The molecule has 0 aliphatic rings. The fourth-order valence-corrected chi connectivity index (χ4v) is 2.12. The van der Waals surface area contributed by atoms with Gasteiger partial charge in [-0.05, 0) is 18.6 Å². The molecular formula is C13H13N3O3. The van der Waals surface area contributed by atoms with Gasteiger partial charge in [-0.1, -0.05) is 0 Å². The van der Waals surface area contributed by atoms with Crippen LogP contribution in [0.15, 0.2) is 24.4 Å². The molecule has 0 fully saturated rings. The Morgan fingerprint density at radius 2 is 2.37 bits per heavy atom. The van der Waals surface area contributed by atoms with Crippen LogP contribution in [0.1, 0.15) is 12.1 Å². The van der Waals surface area contributed by atoms with Crippen LogP contribution >= 0.6 is 0 Å². The number of hydrogen-bond acceptors (Lipinski definition) is 3. The first-order chi connectivity index (χ1) is 9.17. The smallest absolute Gasteiger partial charge is 0.303 e. The molecule has 0 amide bonds. The lowest BCUT2D eigenvalue weighted by Gasteiger charge is -1.98. The Labute approximate surface area is 108 Å². The number of carboxylic acid groups (broad SMARTS) is 1. The lowest BCUT2D eigenvalue weighted by Crippen LogP contribution is -1.97. The highest BCUT2D eigenvalue weighted by Gasteiger charge is 2.09. The van der Waals surface area contributed by atoms with Gasteiger partial charge in [-0.15, -0.1) is 0 Å². The van der Waals surface area contributed by atoms with E-state index < -0.39 is 5.97 Å². The van der Waals surface area contributed by atoms with Crippen LogP contribution in [-0.2, 0) is 11.2 Å². The quantitative estimate of drug-likeness (QED) is 0.749. The number of nitrogens with zero attached hydrogens (tertiary/aromatic N) is 2. The van der Waals surface area contributed by atoms with Crippen molar-refractivity contribution in [2.75, 3.05) is 7.11 Å². The zero-order valence-corrected chi connectivity index (χ0v) is 10.4. The van der Waals surface area contributed by atoms with Gasteiger partial charge in [0.15, 0.2) is 0 Å². The number of ether oxygens (including phenoxy) is 1. The average molecular weight is 259 g/mol. The summed E-state index contributed by atoms with van der Waals surface area (Å²) in [6.07, 6.45) is 2.46. The Morgan fingerprint density at radius 3 is 3.11 bits per heavy atom. The molecule has 0 aliphatic heterocycles. The van der Waals surface area contributed by atoms with E-state index in [1.54, 1.807) is 7.11 Å². The summed E-state index contributed by atoms with van der Waals surface area (Å²) in [5, 5.41) is 8.68. The highest BCUT2D eigenvalue weighted by atomic mass is 16.5. The molecule has 98 valence electrons. The number of hydrogen-bond donors (Lipinski definition) is 2. The van der Waals surface area contributed by atoms with Gasteiger partial charge < -0.3 is 14.8 Å². The van der Waals surface area contributed by atoms with Crippen LogP contribution < -0.4 is 4.74 Å². The maximum atomic E-state index is 10.6. The van der Waals surface area contributed by atoms with Crippen molar-refractivity contribution in [1.82, 2.24) is 14.4 Å². The first kappa shape index (κ1) is 11.6. The van der Waals surface area contributed by atoms with Gasteiger partial charge in [-0.3, -0.25) is 9.20 Å². The van der Waals surface area contributed by atoms with Crippen LogP contribution in [0.4, 0.5) is 0 Å². The number of aryl methyl sites for hydroxylation is 1. The van der Waals surface area contributed by atoms with Gasteiger partial charge in [0.2, 0.25) is 5.78 Å². The number of nitrogens with one attached hydrogen (secondary N) is 1. The molecule has 2 aromatic heterocycles. The first-order valence-corrected chi connectivity index (χ1v) is 5.93. The maximum absolute atomic E-state index is 10.6. The van der Waals surface area contributed by atoms with E-state index in [4.69, 9.17) is 9.84 Å². The molecule has 0 spiro atoms. The van der Waals surface area contributed by atoms with Crippen molar-refractivity contribution in [2.45, 2.75) is 12.8 Å². The molecular weight excluding hydrogens is 246 g/mol. The predicted molar refractivity (Wildman–Crippen MR) is 69.6 cm³/mol. The zero-order chi connectivity index (χ0) is 13.4. The van der Waals surface area contributed by atoms with E-state index in [0.717, 1.165) is 22.5 Å². The Morgan fingerprint density at radius 1 is 1.53 bits per heavy atom. The molecule has 2 heterocycles. The Kier molecular flexibility index (Phi) is 2.63. The van der Waals surface area contributed by atoms with Crippen molar-refractivity contribution in [1.29, 1.82) is 0 Å². The van der Waals surface area contributed by atoms with E-state index in [1.165, 1.54) is 0 Å². The van der Waals surface area contributed by atoms with Gasteiger partial charge in [-0.2, -0.15) is 0 Å². The van der Waals surface area contributed by atoms with Crippen LogP contribution in [0.25, 0.3) is 16.8 Å². The number of methoxy groups -OCH3 is 1.